The number of H-pyrrole nitrogens is 1. The summed E-state index contributed by atoms with van der Waals surface area (Å²) in [6.45, 7) is 2.79. The molecule has 2 aliphatic rings. The van der Waals surface area contributed by atoms with Gasteiger partial charge >= 0.3 is 0 Å². The molecule has 2 atom stereocenters. The minimum atomic E-state index is 0.0984. The summed E-state index contributed by atoms with van der Waals surface area (Å²) >= 11 is 1.70. The minimum absolute atomic E-state index is 0.0984. The second-order valence-electron chi connectivity index (χ2n) is 8.24. The molecule has 0 saturated heterocycles. The highest BCUT2D eigenvalue weighted by molar-refractivity contribution is 7.15. The summed E-state index contributed by atoms with van der Waals surface area (Å²) in [5.74, 6) is 0.743. The van der Waals surface area contributed by atoms with Gasteiger partial charge in [-0.3, -0.25) is 4.79 Å². The first-order chi connectivity index (χ1) is 14.2. The van der Waals surface area contributed by atoms with Crippen LogP contribution >= 0.6 is 11.3 Å². The Morgan fingerprint density at radius 1 is 1.24 bits per heavy atom. The van der Waals surface area contributed by atoms with Crippen molar-refractivity contribution in [3.05, 3.63) is 41.0 Å². The lowest BCUT2D eigenvalue weighted by Gasteiger charge is -2.37. The molecule has 2 aliphatic carbocycles. The topological polar surface area (TPSA) is 73.9 Å². The second kappa shape index (κ2) is 7.78. The SMILES string of the molecule is CCN(C(=O)c1cc2ccccc2[nH]1)[C@H]1CCC[C@@H](Nc2nnc(C3CC3)s2)C1. The van der Waals surface area contributed by atoms with Crippen molar-refractivity contribution in [2.45, 2.75) is 63.5 Å². The first kappa shape index (κ1) is 18.6. The first-order valence-electron chi connectivity index (χ1n) is 10.7. The van der Waals surface area contributed by atoms with Crippen molar-refractivity contribution in [2.24, 2.45) is 0 Å². The van der Waals surface area contributed by atoms with E-state index in [9.17, 15) is 4.79 Å². The van der Waals surface area contributed by atoms with Gasteiger partial charge in [0.05, 0.1) is 0 Å². The molecule has 7 heteroatoms. The Balaban J connectivity index is 1.27. The van der Waals surface area contributed by atoms with E-state index in [1.165, 1.54) is 17.8 Å². The third-order valence-electron chi connectivity index (χ3n) is 6.14. The molecule has 0 unspecified atom stereocenters. The molecule has 2 saturated carbocycles. The predicted octanol–water partition coefficient (Wildman–Crippen LogP) is 4.78. The molecular weight excluding hydrogens is 382 g/mol. The molecule has 1 amide bonds. The lowest BCUT2D eigenvalue weighted by Crippen LogP contribution is -2.45. The van der Waals surface area contributed by atoms with Gasteiger partial charge in [-0.15, -0.1) is 10.2 Å². The molecule has 2 heterocycles. The standard InChI is InChI=1S/C22H27N5OS/c1-2-27(21(28)19-12-15-6-3-4-9-18(15)24-19)17-8-5-7-16(13-17)23-22-26-25-20(29-22)14-10-11-14/h3-4,6,9,12,14,16-17,24H,2,5,7-8,10-11,13H2,1H3,(H,23,26)/t16-,17+/m1/s1. The number of amides is 1. The highest BCUT2D eigenvalue weighted by Gasteiger charge is 2.31. The smallest absolute Gasteiger partial charge is 0.270 e. The summed E-state index contributed by atoms with van der Waals surface area (Å²) in [5.41, 5.74) is 1.69. The maximum atomic E-state index is 13.2. The normalized spacial score (nSPS) is 22.0. The van der Waals surface area contributed by atoms with Crippen molar-refractivity contribution in [3.8, 4) is 0 Å². The van der Waals surface area contributed by atoms with Gasteiger partial charge in [-0.05, 0) is 57.6 Å². The number of nitrogens with zero attached hydrogens (tertiary/aromatic N) is 3. The van der Waals surface area contributed by atoms with Crippen LogP contribution in [0.1, 0.15) is 66.9 Å². The Hall–Kier alpha value is -2.41. The molecular formula is C22H27N5OS. The van der Waals surface area contributed by atoms with Gasteiger partial charge in [-0.2, -0.15) is 0 Å². The molecule has 29 heavy (non-hydrogen) atoms. The van der Waals surface area contributed by atoms with Crippen LogP contribution in [0.25, 0.3) is 10.9 Å². The second-order valence-corrected chi connectivity index (χ2v) is 9.25. The summed E-state index contributed by atoms with van der Waals surface area (Å²) in [5, 5.41) is 15.5. The van der Waals surface area contributed by atoms with Crippen molar-refractivity contribution >= 4 is 33.3 Å². The van der Waals surface area contributed by atoms with Gasteiger partial charge in [0.15, 0.2) is 0 Å². The molecule has 0 aliphatic heterocycles. The zero-order valence-electron chi connectivity index (χ0n) is 16.7. The van der Waals surface area contributed by atoms with Crippen LogP contribution in [0.5, 0.6) is 0 Å². The Bertz CT molecular complexity index is 974. The van der Waals surface area contributed by atoms with E-state index in [1.54, 1.807) is 11.3 Å². The number of carbonyl (C=O) groups excluding carboxylic acids is 1. The fraction of sp³-hybridized carbons (Fsp3) is 0.500. The Morgan fingerprint density at radius 3 is 2.90 bits per heavy atom. The maximum Gasteiger partial charge on any atom is 0.270 e. The number of benzene rings is 1. The van der Waals surface area contributed by atoms with Crippen LogP contribution in [0.3, 0.4) is 0 Å². The minimum Gasteiger partial charge on any atom is -0.357 e. The van der Waals surface area contributed by atoms with E-state index in [4.69, 9.17) is 0 Å². The molecule has 152 valence electrons. The largest absolute Gasteiger partial charge is 0.357 e. The number of hydrogen-bond acceptors (Lipinski definition) is 5. The molecule has 1 aromatic carbocycles. The van der Waals surface area contributed by atoms with Crippen LogP contribution in [0.2, 0.25) is 0 Å². The molecule has 2 fully saturated rings. The summed E-state index contributed by atoms with van der Waals surface area (Å²) in [6, 6.07) is 10.6. The summed E-state index contributed by atoms with van der Waals surface area (Å²) in [7, 11) is 0. The van der Waals surface area contributed by atoms with Gasteiger partial charge in [-0.25, -0.2) is 0 Å². The van der Waals surface area contributed by atoms with Crippen LogP contribution in [0, 0.1) is 0 Å². The van der Waals surface area contributed by atoms with Gasteiger partial charge in [-0.1, -0.05) is 29.5 Å². The van der Waals surface area contributed by atoms with Gasteiger partial charge in [0.2, 0.25) is 5.13 Å². The number of hydrogen-bond donors (Lipinski definition) is 2. The van der Waals surface area contributed by atoms with Crippen LogP contribution in [-0.4, -0.2) is 44.6 Å². The number of aromatic nitrogens is 3. The Morgan fingerprint density at radius 2 is 2.10 bits per heavy atom. The van der Waals surface area contributed by atoms with Crippen molar-refractivity contribution in [1.82, 2.24) is 20.1 Å². The monoisotopic (exact) mass is 409 g/mol. The fourth-order valence-electron chi connectivity index (χ4n) is 4.45. The molecule has 2 N–H and O–H groups in total. The molecule has 2 aromatic heterocycles. The van der Waals surface area contributed by atoms with E-state index < -0.39 is 0 Å². The molecule has 5 rings (SSSR count). The Labute approximate surface area is 174 Å². The third-order valence-corrected chi connectivity index (χ3v) is 7.16. The van der Waals surface area contributed by atoms with Gasteiger partial charge in [0.1, 0.15) is 10.7 Å². The van der Waals surface area contributed by atoms with Crippen LogP contribution < -0.4 is 5.32 Å². The molecule has 0 bridgehead atoms. The Kier molecular flexibility index (Phi) is 4.99. The van der Waals surface area contributed by atoms with Gasteiger partial charge < -0.3 is 15.2 Å². The van der Waals surface area contributed by atoms with E-state index >= 15 is 0 Å². The van der Waals surface area contributed by atoms with Crippen molar-refractivity contribution in [1.29, 1.82) is 0 Å². The van der Waals surface area contributed by atoms with E-state index in [0.717, 1.165) is 48.3 Å². The summed E-state index contributed by atoms with van der Waals surface area (Å²) < 4.78 is 0. The van der Waals surface area contributed by atoms with Crippen molar-refractivity contribution < 1.29 is 4.79 Å². The number of rotatable bonds is 6. The van der Waals surface area contributed by atoms with Crippen LogP contribution in [0.15, 0.2) is 30.3 Å². The van der Waals surface area contributed by atoms with Crippen LogP contribution in [0.4, 0.5) is 5.13 Å². The first-order valence-corrected chi connectivity index (χ1v) is 11.5. The maximum absolute atomic E-state index is 13.2. The number of para-hydroxylation sites is 1. The zero-order valence-corrected chi connectivity index (χ0v) is 17.5. The molecule has 6 nitrogen and oxygen atoms in total. The predicted molar refractivity (Wildman–Crippen MR) is 117 cm³/mol. The van der Waals surface area contributed by atoms with Gasteiger partial charge in [0, 0.05) is 35.4 Å². The van der Waals surface area contributed by atoms with E-state index in [0.29, 0.717) is 17.7 Å². The quantitative estimate of drug-likeness (QED) is 0.614. The highest BCUT2D eigenvalue weighted by atomic mass is 32.1. The number of anilines is 1. The molecule has 3 aromatic rings. The number of fused-ring (bicyclic) bond motifs is 1. The summed E-state index contributed by atoms with van der Waals surface area (Å²) in [4.78, 5) is 18.6. The van der Waals surface area contributed by atoms with E-state index in [-0.39, 0.29) is 11.9 Å². The average Bonchev–Trinajstić information content (AvgIpc) is 3.32. The van der Waals surface area contributed by atoms with Gasteiger partial charge in [0.25, 0.3) is 5.91 Å². The average molecular weight is 410 g/mol. The molecule has 0 radical (unpaired) electrons. The lowest BCUT2D eigenvalue weighted by molar-refractivity contribution is 0.0637. The number of aromatic amines is 1. The highest BCUT2D eigenvalue weighted by Crippen LogP contribution is 2.42. The summed E-state index contributed by atoms with van der Waals surface area (Å²) in [6.07, 6.45) is 6.75. The lowest BCUT2D eigenvalue weighted by atomic mass is 9.90. The third kappa shape index (κ3) is 3.88. The molecule has 0 spiro atoms. The number of nitrogens with one attached hydrogen (secondary N) is 2. The van der Waals surface area contributed by atoms with E-state index in [2.05, 4.69) is 27.4 Å². The van der Waals surface area contributed by atoms with Crippen molar-refractivity contribution in [3.63, 3.8) is 0 Å². The van der Waals surface area contributed by atoms with E-state index in [1.807, 2.05) is 35.2 Å². The fourth-order valence-corrected chi connectivity index (χ4v) is 5.44. The van der Waals surface area contributed by atoms with Crippen molar-refractivity contribution in [2.75, 3.05) is 11.9 Å². The zero-order chi connectivity index (χ0) is 19.8. The van der Waals surface area contributed by atoms with Crippen LogP contribution in [-0.2, 0) is 0 Å². The number of carbonyl (C=O) groups is 1.